The maximum absolute atomic E-state index is 12.8. The minimum absolute atomic E-state index is 0.153. The van der Waals surface area contributed by atoms with Gasteiger partial charge in [0.2, 0.25) is 10.0 Å². The van der Waals surface area contributed by atoms with Gasteiger partial charge < -0.3 is 0 Å². The third kappa shape index (κ3) is 3.06. The Morgan fingerprint density at radius 1 is 1.18 bits per heavy atom. The van der Waals surface area contributed by atoms with E-state index in [0.29, 0.717) is 18.0 Å². The molecule has 1 aliphatic rings. The molecule has 1 aliphatic heterocycles. The van der Waals surface area contributed by atoms with Crippen molar-refractivity contribution >= 4 is 21.4 Å². The summed E-state index contributed by atoms with van der Waals surface area (Å²) in [6.45, 7) is 4.94. The van der Waals surface area contributed by atoms with Crippen LogP contribution in [-0.4, -0.2) is 36.0 Å². The third-order valence-corrected chi connectivity index (χ3v) is 6.81. The van der Waals surface area contributed by atoms with E-state index in [1.165, 1.54) is 0 Å². The van der Waals surface area contributed by atoms with Crippen LogP contribution < -0.4 is 0 Å². The van der Waals surface area contributed by atoms with Gasteiger partial charge in [-0.05, 0) is 38.8 Å². The molecule has 0 saturated carbocycles. The number of hydrogen-bond acceptors (Lipinski definition) is 5. The smallest absolute Gasteiger partial charge is 0.207 e. The van der Waals surface area contributed by atoms with Crippen molar-refractivity contribution in [2.24, 2.45) is 0 Å². The second kappa shape index (κ2) is 6.06. The summed E-state index contributed by atoms with van der Waals surface area (Å²) in [4.78, 5) is 0.368. The zero-order chi connectivity index (χ0) is 15.7. The first kappa shape index (κ1) is 15.6. The Bertz CT molecular complexity index is 753. The van der Waals surface area contributed by atoms with Crippen molar-refractivity contribution in [3.63, 3.8) is 0 Å². The number of sulfonamides is 1. The van der Waals surface area contributed by atoms with Gasteiger partial charge in [0.25, 0.3) is 0 Å². The lowest BCUT2D eigenvalue weighted by atomic mass is 10.0. The molecule has 5 nitrogen and oxygen atoms in total. The Kier molecular flexibility index (Phi) is 4.29. The topological polar surface area (TPSA) is 63.2 Å². The van der Waals surface area contributed by atoms with Crippen molar-refractivity contribution in [1.82, 2.24) is 14.5 Å². The van der Waals surface area contributed by atoms with Crippen LogP contribution in [0.5, 0.6) is 0 Å². The summed E-state index contributed by atoms with van der Waals surface area (Å²) in [6.07, 6.45) is 1.82. The van der Waals surface area contributed by atoms with Gasteiger partial charge in [-0.2, -0.15) is 4.31 Å². The zero-order valence-electron chi connectivity index (χ0n) is 12.7. The minimum atomic E-state index is -3.42. The van der Waals surface area contributed by atoms with Gasteiger partial charge in [0, 0.05) is 19.0 Å². The fraction of sp³-hybridized carbons (Fsp3) is 0.467. The number of rotatable bonds is 3. The fourth-order valence-electron chi connectivity index (χ4n) is 2.70. The highest BCUT2D eigenvalue weighted by molar-refractivity contribution is 7.89. The first-order chi connectivity index (χ1) is 10.5. The molecule has 1 aromatic carbocycles. The molecule has 2 aromatic rings. The van der Waals surface area contributed by atoms with Gasteiger partial charge in [-0.3, -0.25) is 0 Å². The standard InChI is InChI=1S/C15H19N3O2S2/c1-11-5-7-14(8-6-11)22(19,20)18-9-3-4-13(10-18)15-17-16-12(2)21-15/h5-8,13H,3-4,9-10H2,1-2H3/t13-/m1/s1. The molecule has 7 heteroatoms. The summed E-state index contributed by atoms with van der Waals surface area (Å²) in [7, 11) is -3.42. The largest absolute Gasteiger partial charge is 0.243 e. The van der Waals surface area contributed by atoms with E-state index in [4.69, 9.17) is 0 Å². The van der Waals surface area contributed by atoms with Crippen molar-refractivity contribution in [1.29, 1.82) is 0 Å². The average Bonchev–Trinajstić information content (AvgIpc) is 2.94. The highest BCUT2D eigenvalue weighted by Gasteiger charge is 2.32. The third-order valence-electron chi connectivity index (χ3n) is 3.93. The normalized spacial score (nSPS) is 20.2. The van der Waals surface area contributed by atoms with Crippen LogP contribution in [0.1, 0.15) is 34.3 Å². The molecule has 0 unspecified atom stereocenters. The van der Waals surface area contributed by atoms with E-state index < -0.39 is 10.0 Å². The number of piperidine rings is 1. The van der Waals surface area contributed by atoms with Crippen molar-refractivity contribution in [2.75, 3.05) is 13.1 Å². The van der Waals surface area contributed by atoms with E-state index in [1.807, 2.05) is 26.0 Å². The number of benzene rings is 1. The van der Waals surface area contributed by atoms with Gasteiger partial charge >= 0.3 is 0 Å². The Morgan fingerprint density at radius 2 is 1.91 bits per heavy atom. The van der Waals surface area contributed by atoms with E-state index in [1.54, 1.807) is 27.8 Å². The monoisotopic (exact) mass is 337 g/mol. The molecule has 1 aromatic heterocycles. The SMILES string of the molecule is Cc1ccc(S(=O)(=O)N2CCC[C@@H](c3nnc(C)s3)C2)cc1. The van der Waals surface area contributed by atoms with Gasteiger partial charge in [-0.1, -0.05) is 17.7 Å². The molecule has 1 fully saturated rings. The summed E-state index contributed by atoms with van der Waals surface area (Å²) >= 11 is 1.56. The molecule has 118 valence electrons. The molecule has 0 spiro atoms. The quantitative estimate of drug-likeness (QED) is 0.864. The van der Waals surface area contributed by atoms with Gasteiger partial charge in [-0.25, -0.2) is 8.42 Å². The Hall–Kier alpha value is -1.31. The average molecular weight is 337 g/mol. The zero-order valence-corrected chi connectivity index (χ0v) is 14.3. The summed E-state index contributed by atoms with van der Waals surface area (Å²) in [5, 5.41) is 10.1. The molecule has 22 heavy (non-hydrogen) atoms. The van der Waals surface area contributed by atoms with E-state index in [2.05, 4.69) is 10.2 Å². The van der Waals surface area contributed by atoms with E-state index in [-0.39, 0.29) is 5.92 Å². The number of aryl methyl sites for hydroxylation is 2. The lowest BCUT2D eigenvalue weighted by Crippen LogP contribution is -2.39. The lowest BCUT2D eigenvalue weighted by Gasteiger charge is -2.30. The molecule has 3 rings (SSSR count). The van der Waals surface area contributed by atoms with E-state index >= 15 is 0 Å². The van der Waals surface area contributed by atoms with Crippen molar-refractivity contribution in [3.05, 3.63) is 39.8 Å². The summed E-state index contributed by atoms with van der Waals surface area (Å²) in [6, 6.07) is 7.04. The Labute approximate surface area is 135 Å². The van der Waals surface area contributed by atoms with Crippen LogP contribution in [0, 0.1) is 13.8 Å². The molecule has 0 radical (unpaired) electrons. The molecular formula is C15H19N3O2S2. The number of hydrogen-bond donors (Lipinski definition) is 0. The van der Waals surface area contributed by atoms with E-state index in [0.717, 1.165) is 28.4 Å². The predicted octanol–water partition coefficient (Wildman–Crippen LogP) is 2.72. The second-order valence-corrected chi connectivity index (χ2v) is 8.83. The molecule has 0 N–H and O–H groups in total. The minimum Gasteiger partial charge on any atom is -0.207 e. The lowest BCUT2D eigenvalue weighted by molar-refractivity contribution is 0.314. The Balaban J connectivity index is 1.83. The Morgan fingerprint density at radius 3 is 2.55 bits per heavy atom. The fourth-order valence-corrected chi connectivity index (χ4v) is 5.05. The molecular weight excluding hydrogens is 318 g/mol. The highest BCUT2D eigenvalue weighted by atomic mass is 32.2. The van der Waals surface area contributed by atoms with Crippen LogP contribution >= 0.6 is 11.3 Å². The summed E-state index contributed by atoms with van der Waals surface area (Å²) in [5.74, 6) is 0.153. The van der Waals surface area contributed by atoms with Crippen molar-refractivity contribution < 1.29 is 8.42 Å². The predicted molar refractivity (Wildman–Crippen MR) is 86.6 cm³/mol. The van der Waals surface area contributed by atoms with Gasteiger partial charge in [0.1, 0.15) is 10.0 Å². The van der Waals surface area contributed by atoms with Crippen LogP contribution in [-0.2, 0) is 10.0 Å². The molecule has 2 heterocycles. The first-order valence-electron chi connectivity index (χ1n) is 7.33. The van der Waals surface area contributed by atoms with Gasteiger partial charge in [-0.15, -0.1) is 21.5 Å². The van der Waals surface area contributed by atoms with Crippen molar-refractivity contribution in [3.8, 4) is 0 Å². The second-order valence-electron chi connectivity index (χ2n) is 5.67. The van der Waals surface area contributed by atoms with Gasteiger partial charge in [0.15, 0.2) is 0 Å². The maximum atomic E-state index is 12.8. The molecule has 0 amide bonds. The van der Waals surface area contributed by atoms with Crippen LogP contribution in [0.3, 0.4) is 0 Å². The van der Waals surface area contributed by atoms with Crippen LogP contribution in [0.2, 0.25) is 0 Å². The first-order valence-corrected chi connectivity index (χ1v) is 9.59. The summed E-state index contributed by atoms with van der Waals surface area (Å²) in [5.41, 5.74) is 1.06. The molecule has 1 saturated heterocycles. The summed E-state index contributed by atoms with van der Waals surface area (Å²) < 4.78 is 27.1. The maximum Gasteiger partial charge on any atom is 0.243 e. The van der Waals surface area contributed by atoms with Crippen LogP contribution in [0.4, 0.5) is 0 Å². The number of aromatic nitrogens is 2. The van der Waals surface area contributed by atoms with Gasteiger partial charge in [0.05, 0.1) is 4.90 Å². The van der Waals surface area contributed by atoms with Crippen LogP contribution in [0.15, 0.2) is 29.2 Å². The number of nitrogens with zero attached hydrogens (tertiary/aromatic N) is 3. The molecule has 0 bridgehead atoms. The molecule has 0 aliphatic carbocycles. The van der Waals surface area contributed by atoms with Crippen LogP contribution in [0.25, 0.3) is 0 Å². The van der Waals surface area contributed by atoms with Crippen molar-refractivity contribution in [2.45, 2.75) is 37.5 Å². The van der Waals surface area contributed by atoms with E-state index in [9.17, 15) is 8.42 Å². The highest BCUT2D eigenvalue weighted by Crippen LogP contribution is 2.31. The molecule has 1 atom stereocenters.